The molecular weight excluding hydrogens is 569 g/mol. The molecule has 2 aliphatic rings. The summed E-state index contributed by atoms with van der Waals surface area (Å²) in [7, 11) is 0. The zero-order valence-corrected chi connectivity index (χ0v) is 27.6. The van der Waals surface area contributed by atoms with E-state index in [4.69, 9.17) is 0 Å². The highest BCUT2D eigenvalue weighted by atomic mass is 15.2. The van der Waals surface area contributed by atoms with Crippen LogP contribution in [0.25, 0.3) is 16.7 Å². The van der Waals surface area contributed by atoms with E-state index in [1.54, 1.807) is 0 Å². The van der Waals surface area contributed by atoms with E-state index in [1.807, 2.05) is 0 Å². The van der Waals surface area contributed by atoms with Crippen LogP contribution in [0.2, 0.25) is 0 Å². The quantitative estimate of drug-likeness (QED) is 0.172. The Morgan fingerprint density at radius 2 is 1.02 bits per heavy atom. The van der Waals surface area contributed by atoms with Gasteiger partial charge in [0.1, 0.15) is 0 Å². The van der Waals surface area contributed by atoms with Gasteiger partial charge < -0.3 is 9.80 Å². The lowest BCUT2D eigenvalue weighted by atomic mass is 9.93. The second-order valence-corrected chi connectivity index (χ2v) is 12.9. The van der Waals surface area contributed by atoms with Gasteiger partial charge in [0, 0.05) is 34.1 Å². The molecule has 2 heteroatoms. The van der Waals surface area contributed by atoms with Crippen molar-refractivity contribution < 1.29 is 0 Å². The fourth-order valence-electron chi connectivity index (χ4n) is 6.51. The minimum atomic E-state index is 0.578. The van der Waals surface area contributed by atoms with E-state index in [2.05, 4.69) is 188 Å². The van der Waals surface area contributed by atoms with Gasteiger partial charge in [0.25, 0.3) is 0 Å². The lowest BCUT2D eigenvalue weighted by molar-refractivity contribution is 0.728. The fourth-order valence-corrected chi connectivity index (χ4v) is 6.51. The van der Waals surface area contributed by atoms with Gasteiger partial charge in [0.05, 0.1) is 0 Å². The Kier molecular flexibility index (Phi) is 8.75. The van der Waals surface area contributed by atoms with Gasteiger partial charge in [-0.2, -0.15) is 0 Å². The van der Waals surface area contributed by atoms with E-state index >= 15 is 0 Å². The SMILES string of the molecule is Cc1ccc(N(C2=CCC(C)C=C2)c2ccc(-c3ccc(C4=CC=C(N(c5ccccc5)c5ccc(C)cc5)CC4)cc3)cc2)cc1. The Balaban J connectivity index is 1.11. The molecule has 0 saturated heterocycles. The maximum Gasteiger partial charge on any atom is 0.0461 e. The van der Waals surface area contributed by atoms with Crippen LogP contribution < -0.4 is 9.80 Å². The average molecular weight is 611 g/mol. The van der Waals surface area contributed by atoms with Crippen LogP contribution in [-0.2, 0) is 0 Å². The molecule has 0 aliphatic heterocycles. The first-order valence-corrected chi connectivity index (χ1v) is 16.8. The molecule has 0 heterocycles. The molecule has 1 unspecified atom stereocenters. The minimum Gasteiger partial charge on any atom is -0.314 e. The molecule has 5 aromatic rings. The summed E-state index contributed by atoms with van der Waals surface area (Å²) in [6.07, 6.45) is 14.6. The number of para-hydroxylation sites is 1. The molecule has 2 aliphatic carbocycles. The van der Waals surface area contributed by atoms with Gasteiger partial charge >= 0.3 is 0 Å². The molecule has 5 aromatic carbocycles. The molecule has 0 fully saturated rings. The third-order valence-electron chi connectivity index (χ3n) is 9.28. The van der Waals surface area contributed by atoms with Crippen LogP contribution in [0.4, 0.5) is 22.7 Å². The van der Waals surface area contributed by atoms with Crippen molar-refractivity contribution >= 4 is 28.3 Å². The maximum absolute atomic E-state index is 2.39. The largest absolute Gasteiger partial charge is 0.314 e. The normalized spacial score (nSPS) is 15.8. The molecule has 0 bridgehead atoms. The summed E-state index contributed by atoms with van der Waals surface area (Å²) in [4.78, 5) is 4.75. The van der Waals surface area contributed by atoms with Gasteiger partial charge in [-0.1, -0.05) is 115 Å². The highest BCUT2D eigenvalue weighted by molar-refractivity contribution is 5.77. The van der Waals surface area contributed by atoms with Crippen LogP contribution in [0.5, 0.6) is 0 Å². The molecule has 2 nitrogen and oxygen atoms in total. The van der Waals surface area contributed by atoms with Crippen LogP contribution in [0.15, 0.2) is 169 Å². The summed E-state index contributed by atoms with van der Waals surface area (Å²) in [5.41, 5.74) is 15.0. The highest BCUT2D eigenvalue weighted by Gasteiger charge is 2.19. The summed E-state index contributed by atoms with van der Waals surface area (Å²) >= 11 is 0. The Labute approximate surface area is 280 Å². The minimum absolute atomic E-state index is 0.578. The van der Waals surface area contributed by atoms with Crippen molar-refractivity contribution in [1.29, 1.82) is 0 Å². The highest BCUT2D eigenvalue weighted by Crippen LogP contribution is 2.38. The molecule has 0 N–H and O–H groups in total. The van der Waals surface area contributed by atoms with Crippen molar-refractivity contribution in [2.45, 2.75) is 40.0 Å². The first-order chi connectivity index (χ1) is 23.0. The molecule has 47 heavy (non-hydrogen) atoms. The van der Waals surface area contributed by atoms with E-state index in [0.717, 1.165) is 19.3 Å². The molecule has 0 spiro atoms. The zero-order valence-electron chi connectivity index (χ0n) is 27.6. The average Bonchev–Trinajstić information content (AvgIpc) is 3.12. The molecule has 0 amide bonds. The van der Waals surface area contributed by atoms with Crippen molar-refractivity contribution in [3.8, 4) is 11.1 Å². The van der Waals surface area contributed by atoms with Gasteiger partial charge in [0.15, 0.2) is 0 Å². The molecule has 0 aromatic heterocycles. The standard InChI is InChI=1S/C45H42N2/c1-33-9-23-41(24-10-33)46(40-7-5-4-6-8-40)44-29-19-38(20-30-44)36-15-17-37(18-16-36)39-21-31-45(32-22-39)47(42-25-11-34(2)12-26-42)43-27-13-35(3)14-28-43/h4-13,15-19,21-29,31-32,35H,14,20,30H2,1-3H3. The van der Waals surface area contributed by atoms with E-state index in [9.17, 15) is 0 Å². The number of benzene rings is 5. The fraction of sp³-hybridized carbons (Fsp3) is 0.156. The van der Waals surface area contributed by atoms with Crippen LogP contribution in [0, 0.1) is 19.8 Å². The smallest absolute Gasteiger partial charge is 0.0461 e. The summed E-state index contributed by atoms with van der Waals surface area (Å²) in [5.74, 6) is 0.578. The summed E-state index contributed by atoms with van der Waals surface area (Å²) in [6.45, 7) is 6.55. The van der Waals surface area contributed by atoms with Crippen molar-refractivity contribution in [2.75, 3.05) is 9.80 Å². The van der Waals surface area contributed by atoms with Crippen molar-refractivity contribution in [1.82, 2.24) is 0 Å². The lowest BCUT2D eigenvalue weighted by Crippen LogP contribution is -2.17. The topological polar surface area (TPSA) is 6.48 Å². The lowest BCUT2D eigenvalue weighted by Gasteiger charge is -2.30. The van der Waals surface area contributed by atoms with Crippen LogP contribution >= 0.6 is 0 Å². The Bertz CT molecular complexity index is 1940. The number of nitrogens with zero attached hydrogens (tertiary/aromatic N) is 2. The van der Waals surface area contributed by atoms with E-state index < -0.39 is 0 Å². The van der Waals surface area contributed by atoms with Gasteiger partial charge in [-0.3, -0.25) is 0 Å². The molecular formula is C45H42N2. The van der Waals surface area contributed by atoms with E-state index in [-0.39, 0.29) is 0 Å². The zero-order chi connectivity index (χ0) is 32.2. The predicted octanol–water partition coefficient (Wildman–Crippen LogP) is 12.5. The monoisotopic (exact) mass is 610 g/mol. The number of rotatable bonds is 8. The number of aryl methyl sites for hydroxylation is 2. The maximum atomic E-state index is 2.39. The van der Waals surface area contributed by atoms with E-state index in [0.29, 0.717) is 5.92 Å². The van der Waals surface area contributed by atoms with Crippen molar-refractivity contribution in [3.05, 3.63) is 186 Å². The number of hydrogen-bond acceptors (Lipinski definition) is 2. The summed E-state index contributed by atoms with van der Waals surface area (Å²) < 4.78 is 0. The van der Waals surface area contributed by atoms with Crippen molar-refractivity contribution in [3.63, 3.8) is 0 Å². The first-order valence-electron chi connectivity index (χ1n) is 16.8. The molecule has 1 atom stereocenters. The summed E-state index contributed by atoms with van der Waals surface area (Å²) in [5, 5.41) is 0. The van der Waals surface area contributed by atoms with Gasteiger partial charge in [-0.25, -0.2) is 0 Å². The summed E-state index contributed by atoms with van der Waals surface area (Å²) in [6, 6.07) is 46.4. The third kappa shape index (κ3) is 6.78. The van der Waals surface area contributed by atoms with Crippen LogP contribution in [0.3, 0.4) is 0 Å². The van der Waals surface area contributed by atoms with Crippen LogP contribution in [-0.4, -0.2) is 0 Å². The second kappa shape index (κ2) is 13.6. The van der Waals surface area contributed by atoms with Crippen LogP contribution in [0.1, 0.15) is 42.9 Å². The second-order valence-electron chi connectivity index (χ2n) is 12.9. The molecule has 0 saturated carbocycles. The number of hydrogen-bond donors (Lipinski definition) is 0. The molecule has 7 rings (SSSR count). The Morgan fingerprint density at radius 1 is 0.511 bits per heavy atom. The van der Waals surface area contributed by atoms with Gasteiger partial charge in [0.2, 0.25) is 0 Å². The molecule has 232 valence electrons. The predicted molar refractivity (Wildman–Crippen MR) is 201 cm³/mol. The molecule has 0 radical (unpaired) electrons. The Morgan fingerprint density at radius 3 is 1.55 bits per heavy atom. The van der Waals surface area contributed by atoms with E-state index in [1.165, 1.54) is 67.5 Å². The third-order valence-corrected chi connectivity index (χ3v) is 9.28. The first kappa shape index (κ1) is 30.3. The van der Waals surface area contributed by atoms with Gasteiger partial charge in [-0.05, 0) is 122 Å². The van der Waals surface area contributed by atoms with Gasteiger partial charge in [-0.15, -0.1) is 0 Å². The number of allylic oxidation sites excluding steroid dienone is 7. The Hall–Kier alpha value is -5.34. The number of anilines is 4. The van der Waals surface area contributed by atoms with Crippen molar-refractivity contribution in [2.24, 2.45) is 5.92 Å².